The van der Waals surface area contributed by atoms with Gasteiger partial charge >= 0.3 is 0 Å². The molecule has 0 amide bonds. The Morgan fingerprint density at radius 2 is 2.05 bits per heavy atom. The normalized spacial score (nSPS) is 12.2. The van der Waals surface area contributed by atoms with Gasteiger partial charge in [0.25, 0.3) is 0 Å². The third-order valence-electron chi connectivity index (χ3n) is 3.50. The number of methoxy groups -OCH3 is 2. The number of aromatic nitrogens is 2. The molecular formula is C16H23N3O2. The van der Waals surface area contributed by atoms with Crippen molar-refractivity contribution >= 4 is 0 Å². The van der Waals surface area contributed by atoms with E-state index in [0.717, 1.165) is 35.7 Å². The van der Waals surface area contributed by atoms with Gasteiger partial charge in [0.15, 0.2) is 11.5 Å². The number of para-hydroxylation sites is 1. The summed E-state index contributed by atoms with van der Waals surface area (Å²) < 4.78 is 12.9. The van der Waals surface area contributed by atoms with Gasteiger partial charge in [0, 0.05) is 18.8 Å². The first-order valence-corrected chi connectivity index (χ1v) is 7.15. The van der Waals surface area contributed by atoms with Crippen LogP contribution in [0.25, 0.3) is 0 Å². The van der Waals surface area contributed by atoms with Crippen LogP contribution in [0.3, 0.4) is 0 Å². The molecule has 1 N–H and O–H groups in total. The number of rotatable bonds is 7. The summed E-state index contributed by atoms with van der Waals surface area (Å²) in [4.78, 5) is 0. The molecule has 0 aliphatic carbocycles. The second kappa shape index (κ2) is 7.13. The Morgan fingerprint density at radius 3 is 2.62 bits per heavy atom. The van der Waals surface area contributed by atoms with Gasteiger partial charge in [-0.05, 0) is 25.1 Å². The van der Waals surface area contributed by atoms with Crippen LogP contribution in [-0.2, 0) is 7.05 Å². The zero-order valence-corrected chi connectivity index (χ0v) is 13.1. The third kappa shape index (κ3) is 3.19. The molecule has 2 rings (SSSR count). The predicted molar refractivity (Wildman–Crippen MR) is 82.9 cm³/mol. The highest BCUT2D eigenvalue weighted by atomic mass is 16.5. The third-order valence-corrected chi connectivity index (χ3v) is 3.50. The van der Waals surface area contributed by atoms with Crippen LogP contribution in [0.5, 0.6) is 11.5 Å². The number of aryl methyl sites for hydroxylation is 1. The van der Waals surface area contributed by atoms with Crippen LogP contribution in [0.2, 0.25) is 0 Å². The van der Waals surface area contributed by atoms with E-state index >= 15 is 0 Å². The van der Waals surface area contributed by atoms with Crippen LogP contribution >= 0.6 is 0 Å². The van der Waals surface area contributed by atoms with Gasteiger partial charge in [0.05, 0.1) is 26.0 Å². The zero-order chi connectivity index (χ0) is 15.2. The Kier molecular flexibility index (Phi) is 5.22. The molecule has 1 atom stereocenters. The molecule has 1 unspecified atom stereocenters. The van der Waals surface area contributed by atoms with Crippen molar-refractivity contribution in [3.8, 4) is 11.5 Å². The number of benzene rings is 1. The first-order valence-electron chi connectivity index (χ1n) is 7.15. The lowest BCUT2D eigenvalue weighted by atomic mass is 10.0. The lowest BCUT2D eigenvalue weighted by molar-refractivity contribution is 0.348. The molecule has 0 spiro atoms. The van der Waals surface area contributed by atoms with Crippen molar-refractivity contribution in [2.75, 3.05) is 20.8 Å². The van der Waals surface area contributed by atoms with E-state index in [2.05, 4.69) is 23.4 Å². The lowest BCUT2D eigenvalue weighted by Gasteiger charge is -2.22. The second-order valence-corrected chi connectivity index (χ2v) is 4.85. The minimum absolute atomic E-state index is 0.0162. The van der Waals surface area contributed by atoms with Gasteiger partial charge in [-0.25, -0.2) is 0 Å². The van der Waals surface area contributed by atoms with Gasteiger partial charge in [-0.15, -0.1) is 0 Å². The fraction of sp³-hybridized carbons (Fsp3) is 0.438. The van der Waals surface area contributed by atoms with Crippen molar-refractivity contribution in [3.05, 3.63) is 41.7 Å². The van der Waals surface area contributed by atoms with Gasteiger partial charge < -0.3 is 14.8 Å². The highest BCUT2D eigenvalue weighted by molar-refractivity contribution is 5.50. The Hall–Kier alpha value is -2.01. The molecule has 2 aromatic rings. The first kappa shape index (κ1) is 15.4. The summed E-state index contributed by atoms with van der Waals surface area (Å²) in [6.45, 7) is 3.06. The van der Waals surface area contributed by atoms with Crippen LogP contribution in [0.15, 0.2) is 30.5 Å². The quantitative estimate of drug-likeness (QED) is 0.851. The Morgan fingerprint density at radius 1 is 1.24 bits per heavy atom. The summed E-state index contributed by atoms with van der Waals surface area (Å²) in [5.74, 6) is 1.50. The van der Waals surface area contributed by atoms with E-state index in [4.69, 9.17) is 9.47 Å². The van der Waals surface area contributed by atoms with Crippen LogP contribution in [0, 0.1) is 0 Å². The summed E-state index contributed by atoms with van der Waals surface area (Å²) in [5.41, 5.74) is 2.14. The maximum Gasteiger partial charge on any atom is 0.165 e. The maximum absolute atomic E-state index is 5.57. The van der Waals surface area contributed by atoms with Crippen molar-refractivity contribution in [1.82, 2.24) is 15.1 Å². The molecule has 1 heterocycles. The van der Waals surface area contributed by atoms with Crippen LogP contribution < -0.4 is 14.8 Å². The van der Waals surface area contributed by atoms with E-state index < -0.39 is 0 Å². The summed E-state index contributed by atoms with van der Waals surface area (Å²) in [5, 5.41) is 7.83. The summed E-state index contributed by atoms with van der Waals surface area (Å²) in [6.07, 6.45) is 2.86. The van der Waals surface area contributed by atoms with E-state index in [9.17, 15) is 0 Å². The molecule has 0 fully saturated rings. The fourth-order valence-electron chi connectivity index (χ4n) is 2.47. The molecule has 5 nitrogen and oxygen atoms in total. The first-order chi connectivity index (χ1) is 10.2. The smallest absolute Gasteiger partial charge is 0.165 e. The highest BCUT2D eigenvalue weighted by Gasteiger charge is 2.22. The molecule has 0 saturated carbocycles. The summed E-state index contributed by atoms with van der Waals surface area (Å²) in [7, 11) is 5.27. The number of nitrogens with zero attached hydrogens (tertiary/aromatic N) is 2. The van der Waals surface area contributed by atoms with Crippen LogP contribution in [0.1, 0.15) is 30.6 Å². The largest absolute Gasteiger partial charge is 0.493 e. The standard InChI is InChI=1S/C16H23N3O2/c1-5-10-17-15(13-9-11-18-19(13)2)12-7-6-8-14(20-3)16(12)21-4/h6-9,11,15,17H,5,10H2,1-4H3. The molecule has 0 aliphatic heterocycles. The lowest BCUT2D eigenvalue weighted by Crippen LogP contribution is -2.25. The number of hydrogen-bond acceptors (Lipinski definition) is 4. The molecule has 21 heavy (non-hydrogen) atoms. The Balaban J connectivity index is 2.49. The van der Waals surface area contributed by atoms with Gasteiger partial charge in [-0.3, -0.25) is 4.68 Å². The number of hydrogen-bond donors (Lipinski definition) is 1. The average molecular weight is 289 g/mol. The molecule has 114 valence electrons. The van der Waals surface area contributed by atoms with Gasteiger partial charge in [0.2, 0.25) is 0 Å². The SMILES string of the molecule is CCCNC(c1cccc(OC)c1OC)c1ccnn1C. The number of nitrogens with one attached hydrogen (secondary N) is 1. The van der Waals surface area contributed by atoms with Gasteiger partial charge in [-0.2, -0.15) is 5.10 Å². The van der Waals surface area contributed by atoms with Crippen LogP contribution in [-0.4, -0.2) is 30.5 Å². The molecule has 0 aliphatic rings. The predicted octanol–water partition coefficient (Wildman–Crippen LogP) is 2.53. The van der Waals surface area contributed by atoms with Gasteiger partial charge in [0.1, 0.15) is 0 Å². The average Bonchev–Trinajstić information content (AvgIpc) is 2.93. The van der Waals surface area contributed by atoms with E-state index in [1.165, 1.54) is 0 Å². The van der Waals surface area contributed by atoms with Crippen LogP contribution in [0.4, 0.5) is 0 Å². The molecule has 5 heteroatoms. The molecule has 1 aromatic heterocycles. The van der Waals surface area contributed by atoms with E-state index in [1.54, 1.807) is 14.2 Å². The maximum atomic E-state index is 5.57. The topological polar surface area (TPSA) is 48.3 Å². The Labute approximate surface area is 125 Å². The molecule has 0 bridgehead atoms. The summed E-state index contributed by atoms with van der Waals surface area (Å²) >= 11 is 0. The zero-order valence-electron chi connectivity index (χ0n) is 13.1. The van der Waals surface area contributed by atoms with Crippen molar-refractivity contribution < 1.29 is 9.47 Å². The fourth-order valence-corrected chi connectivity index (χ4v) is 2.47. The van der Waals surface area contributed by atoms with Crippen molar-refractivity contribution in [2.24, 2.45) is 7.05 Å². The van der Waals surface area contributed by atoms with E-state index in [0.29, 0.717) is 0 Å². The Bertz CT molecular complexity index is 581. The number of ether oxygens (including phenoxy) is 2. The van der Waals surface area contributed by atoms with Crippen molar-refractivity contribution in [3.63, 3.8) is 0 Å². The van der Waals surface area contributed by atoms with E-state index in [-0.39, 0.29) is 6.04 Å². The van der Waals surface area contributed by atoms with E-state index in [1.807, 2.05) is 36.1 Å². The highest BCUT2D eigenvalue weighted by Crippen LogP contribution is 2.36. The molecule has 1 aromatic carbocycles. The molecule has 0 radical (unpaired) electrons. The monoisotopic (exact) mass is 289 g/mol. The second-order valence-electron chi connectivity index (χ2n) is 4.85. The molecular weight excluding hydrogens is 266 g/mol. The van der Waals surface area contributed by atoms with Gasteiger partial charge in [-0.1, -0.05) is 19.1 Å². The van der Waals surface area contributed by atoms with Crippen molar-refractivity contribution in [2.45, 2.75) is 19.4 Å². The minimum atomic E-state index is 0.0162. The summed E-state index contributed by atoms with van der Waals surface area (Å²) in [6, 6.07) is 7.98. The molecule has 0 saturated heterocycles. The minimum Gasteiger partial charge on any atom is -0.493 e. The van der Waals surface area contributed by atoms with Crippen molar-refractivity contribution in [1.29, 1.82) is 0 Å².